The summed E-state index contributed by atoms with van der Waals surface area (Å²) in [5, 5.41) is 7.36. The average molecular weight is 864 g/mol. The van der Waals surface area contributed by atoms with E-state index in [1.807, 2.05) is 0 Å². The van der Waals surface area contributed by atoms with Gasteiger partial charge in [0.2, 0.25) is 0 Å². The molecule has 0 fully saturated rings. The van der Waals surface area contributed by atoms with Crippen LogP contribution in [0.3, 0.4) is 0 Å². The Bertz CT molecular complexity index is 3780. The van der Waals surface area contributed by atoms with Gasteiger partial charge in [-0.05, 0) is 124 Å². The molecule has 12 aromatic rings. The van der Waals surface area contributed by atoms with Crippen molar-refractivity contribution in [3.8, 4) is 44.5 Å². The maximum absolute atomic E-state index is 2.49. The van der Waals surface area contributed by atoms with E-state index in [1.54, 1.807) is 0 Å². The fourth-order valence-corrected chi connectivity index (χ4v) is 11.3. The molecule has 0 saturated carbocycles. The van der Waals surface area contributed by atoms with Gasteiger partial charge >= 0.3 is 0 Å². The number of rotatable bonds is 8. The topological polar surface area (TPSA) is 3.24 Å². The van der Waals surface area contributed by atoms with Gasteiger partial charge in [-0.25, -0.2) is 0 Å². The van der Waals surface area contributed by atoms with Crippen LogP contribution in [-0.2, 0) is 5.41 Å². The Morgan fingerprint density at radius 2 is 0.765 bits per heavy atom. The van der Waals surface area contributed by atoms with Crippen molar-refractivity contribution in [1.29, 1.82) is 0 Å². The molecular formula is C67H45N. The van der Waals surface area contributed by atoms with E-state index in [4.69, 9.17) is 0 Å². The van der Waals surface area contributed by atoms with Gasteiger partial charge < -0.3 is 4.90 Å². The second kappa shape index (κ2) is 16.3. The summed E-state index contributed by atoms with van der Waals surface area (Å²) in [5.41, 5.74) is 17.7. The van der Waals surface area contributed by atoms with E-state index >= 15 is 0 Å². The molecule has 0 amide bonds. The maximum Gasteiger partial charge on any atom is 0.0714 e. The van der Waals surface area contributed by atoms with Crippen LogP contribution < -0.4 is 4.90 Å². The SMILES string of the molecule is c1ccc(-c2ccc(-c3c(-c4ccc(N(c5ccc6c(c5)C(c5ccccc5)(c5ccccc5)c5ccccc5-6)c5cc6ccccc6c6ccccc56)cc4)ccc4ccccc34)cc2)cc1. The van der Waals surface area contributed by atoms with Crippen LogP contribution in [0.15, 0.2) is 273 Å². The normalized spacial score (nSPS) is 12.5. The summed E-state index contributed by atoms with van der Waals surface area (Å²) in [4.78, 5) is 2.49. The largest absolute Gasteiger partial charge is 0.310 e. The van der Waals surface area contributed by atoms with Gasteiger partial charge in [0, 0.05) is 16.8 Å². The van der Waals surface area contributed by atoms with E-state index in [0.717, 1.165) is 17.1 Å². The Morgan fingerprint density at radius 1 is 0.265 bits per heavy atom. The molecule has 13 rings (SSSR count). The van der Waals surface area contributed by atoms with Gasteiger partial charge in [0.15, 0.2) is 0 Å². The van der Waals surface area contributed by atoms with Crippen molar-refractivity contribution in [3.05, 3.63) is 295 Å². The smallest absolute Gasteiger partial charge is 0.0714 e. The van der Waals surface area contributed by atoms with Crippen molar-refractivity contribution in [3.63, 3.8) is 0 Å². The standard InChI is InChI=1S/C67H45N/c1-4-18-46(19-5-1)47-32-34-50(35-33-47)66-57-27-13-10-20-48(57)38-42-58(66)49-36-39-54(40-37-49)68(65-44-51-21-11-12-26-56(51)59-28-14-15-30-62(59)65)55-41-43-61-60-29-16-17-31-63(60)67(64(61)45-55,52-22-6-2-7-23-52)53-24-8-3-9-25-53/h1-45H. The second-order valence-electron chi connectivity index (χ2n) is 18.0. The second-order valence-corrected chi connectivity index (χ2v) is 18.0. The molecule has 0 radical (unpaired) electrons. The molecule has 0 spiro atoms. The number of benzene rings is 12. The highest BCUT2D eigenvalue weighted by molar-refractivity contribution is 6.15. The highest BCUT2D eigenvalue weighted by Crippen LogP contribution is 2.57. The Balaban J connectivity index is 1.02. The lowest BCUT2D eigenvalue weighted by molar-refractivity contribution is 0.768. The van der Waals surface area contributed by atoms with Gasteiger partial charge in [-0.3, -0.25) is 0 Å². The van der Waals surface area contributed by atoms with Crippen molar-refractivity contribution in [1.82, 2.24) is 0 Å². The van der Waals surface area contributed by atoms with Gasteiger partial charge in [-0.15, -0.1) is 0 Å². The zero-order chi connectivity index (χ0) is 45.0. The molecule has 318 valence electrons. The lowest BCUT2D eigenvalue weighted by Gasteiger charge is -2.35. The molecule has 1 aliphatic carbocycles. The van der Waals surface area contributed by atoms with Crippen LogP contribution in [0.4, 0.5) is 17.1 Å². The third kappa shape index (κ3) is 6.32. The Hall–Kier alpha value is -8.78. The van der Waals surface area contributed by atoms with Crippen molar-refractivity contribution < 1.29 is 0 Å². The first-order valence-electron chi connectivity index (χ1n) is 23.6. The first kappa shape index (κ1) is 39.6. The van der Waals surface area contributed by atoms with Gasteiger partial charge in [0.1, 0.15) is 0 Å². The number of anilines is 3. The first-order valence-corrected chi connectivity index (χ1v) is 23.6. The highest BCUT2D eigenvalue weighted by atomic mass is 15.1. The molecule has 0 bridgehead atoms. The van der Waals surface area contributed by atoms with E-state index in [0.29, 0.717) is 0 Å². The van der Waals surface area contributed by atoms with Gasteiger partial charge in [0.05, 0.1) is 11.1 Å². The fraction of sp³-hybridized carbons (Fsp3) is 0.0149. The summed E-state index contributed by atoms with van der Waals surface area (Å²) in [6.07, 6.45) is 0. The summed E-state index contributed by atoms with van der Waals surface area (Å²) >= 11 is 0. The van der Waals surface area contributed by atoms with Gasteiger partial charge in [-0.2, -0.15) is 0 Å². The number of hydrogen-bond donors (Lipinski definition) is 0. The fourth-order valence-electron chi connectivity index (χ4n) is 11.3. The van der Waals surface area contributed by atoms with Crippen molar-refractivity contribution >= 4 is 49.4 Å². The summed E-state index contributed by atoms with van der Waals surface area (Å²) in [5.74, 6) is 0. The Labute approximate surface area is 397 Å². The molecular weight excluding hydrogens is 819 g/mol. The van der Waals surface area contributed by atoms with E-state index < -0.39 is 5.41 Å². The summed E-state index contributed by atoms with van der Waals surface area (Å²) < 4.78 is 0. The third-order valence-corrected chi connectivity index (χ3v) is 14.3. The van der Waals surface area contributed by atoms with Crippen LogP contribution in [0.25, 0.3) is 76.8 Å². The van der Waals surface area contributed by atoms with E-state index in [9.17, 15) is 0 Å². The zero-order valence-corrected chi connectivity index (χ0v) is 37.4. The quantitative estimate of drug-likeness (QED) is 0.138. The molecule has 1 aliphatic rings. The molecule has 0 atom stereocenters. The molecule has 1 nitrogen and oxygen atoms in total. The minimum atomic E-state index is -0.531. The average Bonchev–Trinajstić information content (AvgIpc) is 3.72. The van der Waals surface area contributed by atoms with Crippen LogP contribution in [0.1, 0.15) is 22.3 Å². The lowest BCUT2D eigenvalue weighted by Crippen LogP contribution is -2.28. The van der Waals surface area contributed by atoms with Crippen molar-refractivity contribution in [2.24, 2.45) is 0 Å². The predicted octanol–water partition coefficient (Wildman–Crippen LogP) is 18.0. The highest BCUT2D eigenvalue weighted by Gasteiger charge is 2.46. The van der Waals surface area contributed by atoms with Gasteiger partial charge in [-0.1, -0.05) is 243 Å². The van der Waals surface area contributed by atoms with Crippen LogP contribution in [0.5, 0.6) is 0 Å². The molecule has 68 heavy (non-hydrogen) atoms. The number of fused-ring (bicyclic) bond motifs is 7. The van der Waals surface area contributed by atoms with E-state index in [1.165, 1.54) is 99.1 Å². The van der Waals surface area contributed by atoms with Crippen LogP contribution in [0, 0.1) is 0 Å². The maximum atomic E-state index is 2.49. The molecule has 12 aromatic carbocycles. The van der Waals surface area contributed by atoms with Crippen LogP contribution in [-0.4, -0.2) is 0 Å². The minimum absolute atomic E-state index is 0.531. The summed E-state index contributed by atoms with van der Waals surface area (Å²) in [6, 6.07) is 101. The summed E-state index contributed by atoms with van der Waals surface area (Å²) in [7, 11) is 0. The number of nitrogens with zero attached hydrogens (tertiary/aromatic N) is 1. The Kier molecular flexibility index (Phi) is 9.47. The zero-order valence-electron chi connectivity index (χ0n) is 37.4. The molecule has 0 N–H and O–H groups in total. The van der Waals surface area contributed by atoms with Crippen LogP contribution >= 0.6 is 0 Å². The minimum Gasteiger partial charge on any atom is -0.310 e. The molecule has 0 unspecified atom stereocenters. The first-order chi connectivity index (χ1) is 33.7. The molecule has 0 heterocycles. The predicted molar refractivity (Wildman–Crippen MR) is 287 cm³/mol. The van der Waals surface area contributed by atoms with Crippen LogP contribution in [0.2, 0.25) is 0 Å². The molecule has 0 aliphatic heterocycles. The van der Waals surface area contributed by atoms with Crippen molar-refractivity contribution in [2.75, 3.05) is 4.90 Å². The van der Waals surface area contributed by atoms with Crippen molar-refractivity contribution in [2.45, 2.75) is 5.41 Å². The molecule has 0 saturated heterocycles. The monoisotopic (exact) mass is 863 g/mol. The lowest BCUT2D eigenvalue weighted by atomic mass is 9.67. The molecule has 0 aromatic heterocycles. The van der Waals surface area contributed by atoms with Gasteiger partial charge in [0.25, 0.3) is 0 Å². The van der Waals surface area contributed by atoms with E-state index in [-0.39, 0.29) is 0 Å². The van der Waals surface area contributed by atoms with E-state index in [2.05, 4.69) is 278 Å². The summed E-state index contributed by atoms with van der Waals surface area (Å²) in [6.45, 7) is 0. The molecule has 1 heteroatoms. The third-order valence-electron chi connectivity index (χ3n) is 14.3. The number of hydrogen-bond acceptors (Lipinski definition) is 1. The Morgan fingerprint density at radius 3 is 1.49 bits per heavy atom.